The minimum absolute atomic E-state index is 0. The molecule has 216 valence electrons. The minimum atomic E-state index is -0.0249. The molecule has 6 aromatic rings. The van der Waals surface area contributed by atoms with Crippen molar-refractivity contribution in [3.05, 3.63) is 114 Å². The molecule has 44 heavy (non-hydrogen) atoms. The van der Waals surface area contributed by atoms with Gasteiger partial charge >= 0.3 is 29.6 Å². The first kappa shape index (κ1) is 34.6. The van der Waals surface area contributed by atoms with Gasteiger partial charge in [-0.15, -0.1) is 22.7 Å². The maximum absolute atomic E-state index is 8.38. The van der Waals surface area contributed by atoms with Gasteiger partial charge in [-0.05, 0) is 82.5 Å². The van der Waals surface area contributed by atoms with Crippen LogP contribution in [0.1, 0.15) is 37.3 Å². The first-order chi connectivity index (χ1) is 20.9. The summed E-state index contributed by atoms with van der Waals surface area (Å²) in [4.78, 5) is 31.9. The molecule has 18 heteroatoms. The van der Waals surface area contributed by atoms with Crippen LogP contribution in [-0.2, 0) is 0 Å². The Hall–Kier alpha value is -3.92. The summed E-state index contributed by atoms with van der Waals surface area (Å²) in [7, 11) is 0. The van der Waals surface area contributed by atoms with Crippen molar-refractivity contribution in [3.8, 4) is 0 Å². The van der Waals surface area contributed by atoms with E-state index in [-0.39, 0.29) is 41.6 Å². The third kappa shape index (κ3) is 9.29. The molecule has 2 unspecified atom stereocenters. The zero-order chi connectivity index (χ0) is 30.6. The molecule has 0 saturated carbocycles. The maximum Gasteiger partial charge on any atom is 1.00 e. The summed E-state index contributed by atoms with van der Waals surface area (Å²) >= 11 is 6.58. The molecular formula is C26H22BrN14NaS2. The zero-order valence-corrected chi connectivity index (χ0v) is 28.9. The van der Waals surface area contributed by atoms with Crippen LogP contribution in [0.15, 0.2) is 81.8 Å². The predicted octanol–water partition coefficient (Wildman–Crippen LogP) is 6.09. The summed E-state index contributed by atoms with van der Waals surface area (Å²) in [5.41, 5.74) is 24.2. The molecule has 0 saturated heterocycles. The number of fused-ring (bicyclic) bond motifs is 2. The standard InChI is InChI=1S/C13H11BrN4S.C13H11N7S.N3.Na/c1-8(11-3-2-9(14)6-15-11)18-12-10-4-5-19-13(10)17-7-16-12;1-8(11-3-2-9(6-15-11)19-20-14)18-12-10-4-5-21-13(10)17-7-16-12;1-3-2;/h2-8H,1H3,(H,16,17,18);2-8H,1H3,(H,16,17,18);;/q;;-1;+1. The van der Waals surface area contributed by atoms with Crippen LogP contribution in [0.25, 0.3) is 46.9 Å². The Morgan fingerprint density at radius 1 is 0.727 bits per heavy atom. The number of nitrogens with one attached hydrogen (secondary N) is 2. The second-order valence-electron chi connectivity index (χ2n) is 8.58. The van der Waals surface area contributed by atoms with E-state index in [0.29, 0.717) is 5.69 Å². The molecule has 0 bridgehead atoms. The number of anilines is 2. The van der Waals surface area contributed by atoms with Gasteiger partial charge in [0.2, 0.25) is 0 Å². The first-order valence-electron chi connectivity index (χ1n) is 12.4. The normalized spacial score (nSPS) is 11.2. The largest absolute Gasteiger partial charge is 1.00 e. The van der Waals surface area contributed by atoms with E-state index in [1.807, 2.05) is 48.0 Å². The van der Waals surface area contributed by atoms with Gasteiger partial charge in [-0.25, -0.2) is 19.9 Å². The molecule has 2 atom stereocenters. The number of aromatic nitrogens is 6. The topological polar surface area (TPSA) is 209 Å². The average molecular weight is 698 g/mol. The van der Waals surface area contributed by atoms with Crippen molar-refractivity contribution in [3.63, 3.8) is 0 Å². The van der Waals surface area contributed by atoms with Crippen LogP contribution in [-0.4, -0.2) is 29.9 Å². The number of nitrogens with zero attached hydrogens (tertiary/aromatic N) is 12. The minimum Gasteiger partial charge on any atom is -0.373 e. The van der Waals surface area contributed by atoms with E-state index < -0.39 is 0 Å². The van der Waals surface area contributed by atoms with Crippen LogP contribution < -0.4 is 40.2 Å². The van der Waals surface area contributed by atoms with Crippen molar-refractivity contribution in [2.45, 2.75) is 25.9 Å². The summed E-state index contributed by atoms with van der Waals surface area (Å²) < 4.78 is 0.978. The SMILES string of the molecule is CC(Nc1ncnc2sccc12)c1ccc(Br)cn1.CC(Nc1ncnc2sccc12)c1ccc(N=[N+]=[N-])cn1.[N-]=[N+]=[N-].[Na+]. The summed E-state index contributed by atoms with van der Waals surface area (Å²) in [6.07, 6.45) is 6.48. The van der Waals surface area contributed by atoms with Gasteiger partial charge in [-0.2, -0.15) is 0 Å². The fourth-order valence-electron chi connectivity index (χ4n) is 3.78. The third-order valence-electron chi connectivity index (χ3n) is 5.80. The van der Waals surface area contributed by atoms with Crippen molar-refractivity contribution < 1.29 is 29.6 Å². The number of thiophene rings is 2. The molecule has 6 heterocycles. The van der Waals surface area contributed by atoms with Crippen molar-refractivity contribution in [1.82, 2.24) is 29.9 Å². The molecule has 0 aromatic carbocycles. The Morgan fingerprint density at radius 3 is 1.66 bits per heavy atom. The predicted molar refractivity (Wildman–Crippen MR) is 174 cm³/mol. The van der Waals surface area contributed by atoms with Crippen LogP contribution in [0, 0.1) is 0 Å². The molecule has 0 aliphatic rings. The van der Waals surface area contributed by atoms with E-state index >= 15 is 0 Å². The second-order valence-corrected chi connectivity index (χ2v) is 11.3. The molecule has 6 aromatic heterocycles. The van der Waals surface area contributed by atoms with E-state index in [2.05, 4.69) is 73.4 Å². The third-order valence-corrected chi connectivity index (χ3v) is 7.91. The van der Waals surface area contributed by atoms with Crippen LogP contribution in [0.3, 0.4) is 0 Å². The van der Waals surface area contributed by atoms with Gasteiger partial charge in [0.15, 0.2) is 0 Å². The molecule has 0 radical (unpaired) electrons. The van der Waals surface area contributed by atoms with Crippen molar-refractivity contribution in [2.75, 3.05) is 10.6 Å². The van der Waals surface area contributed by atoms with Crippen LogP contribution in [0.4, 0.5) is 17.3 Å². The summed E-state index contributed by atoms with van der Waals surface area (Å²) in [6, 6.07) is 11.6. The number of rotatable bonds is 7. The molecule has 2 N–H and O–H groups in total. The first-order valence-corrected chi connectivity index (χ1v) is 15.0. The smallest absolute Gasteiger partial charge is 0.373 e. The van der Waals surface area contributed by atoms with Crippen LogP contribution in [0.2, 0.25) is 0 Å². The Kier molecular flexibility index (Phi) is 13.7. The number of azide groups is 1. The molecule has 0 aliphatic carbocycles. The van der Waals surface area contributed by atoms with E-state index in [0.717, 1.165) is 47.9 Å². The number of hydrogen-bond acceptors (Lipinski definition) is 11. The molecule has 6 rings (SSSR count). The Bertz CT molecular complexity index is 1870. The van der Waals surface area contributed by atoms with E-state index in [4.69, 9.17) is 16.6 Å². The van der Waals surface area contributed by atoms with Gasteiger partial charge < -0.3 is 21.7 Å². The van der Waals surface area contributed by atoms with Crippen molar-refractivity contribution in [2.24, 2.45) is 5.11 Å². The second kappa shape index (κ2) is 17.4. The van der Waals surface area contributed by atoms with Gasteiger partial charge in [-0.1, -0.05) is 5.11 Å². The number of hydrogen-bond donors (Lipinski definition) is 2. The summed E-state index contributed by atoms with van der Waals surface area (Å²) in [6.45, 7) is 4.06. The molecular weight excluding hydrogens is 675 g/mol. The fraction of sp³-hybridized carbons (Fsp3) is 0.154. The van der Waals surface area contributed by atoms with E-state index in [9.17, 15) is 0 Å². The fourth-order valence-corrected chi connectivity index (χ4v) is 5.48. The molecule has 0 aliphatic heterocycles. The summed E-state index contributed by atoms with van der Waals surface area (Å²) in [5, 5.41) is 16.3. The molecule has 0 spiro atoms. The van der Waals surface area contributed by atoms with Gasteiger partial charge in [0.1, 0.15) is 34.0 Å². The molecule has 0 fully saturated rings. The average Bonchev–Trinajstić information content (AvgIpc) is 3.70. The summed E-state index contributed by atoms with van der Waals surface area (Å²) in [5.74, 6) is 1.64. The van der Waals surface area contributed by atoms with Gasteiger partial charge in [0.05, 0.1) is 39.9 Å². The van der Waals surface area contributed by atoms with Gasteiger partial charge in [0.25, 0.3) is 0 Å². The van der Waals surface area contributed by atoms with E-state index in [1.165, 1.54) is 4.91 Å². The Labute approximate surface area is 289 Å². The van der Waals surface area contributed by atoms with Crippen molar-refractivity contribution >= 4 is 76.4 Å². The van der Waals surface area contributed by atoms with Gasteiger partial charge in [0, 0.05) is 21.8 Å². The Balaban J connectivity index is 0.000000217. The van der Waals surface area contributed by atoms with Crippen LogP contribution >= 0.6 is 38.6 Å². The van der Waals surface area contributed by atoms with Gasteiger partial charge in [-0.3, -0.25) is 14.9 Å². The quantitative estimate of drug-likeness (QED) is 0.0860. The van der Waals surface area contributed by atoms with E-state index in [1.54, 1.807) is 53.8 Å². The molecule has 0 amide bonds. The molecule has 14 nitrogen and oxygen atoms in total. The maximum atomic E-state index is 8.38. The zero-order valence-electron chi connectivity index (χ0n) is 23.6. The number of pyridine rings is 2. The monoisotopic (exact) mass is 696 g/mol. The Morgan fingerprint density at radius 2 is 1.23 bits per heavy atom. The van der Waals surface area contributed by atoms with Crippen LogP contribution in [0.5, 0.6) is 0 Å². The van der Waals surface area contributed by atoms with Crippen molar-refractivity contribution in [1.29, 1.82) is 0 Å². The number of halogens is 1.